The smallest absolute Gasteiger partial charge is 0.245 e. The van der Waals surface area contributed by atoms with Crippen LogP contribution in [0.2, 0.25) is 0 Å². The van der Waals surface area contributed by atoms with Crippen molar-refractivity contribution in [1.82, 2.24) is 4.90 Å². The highest BCUT2D eigenvalue weighted by atomic mass is 16.6. The summed E-state index contributed by atoms with van der Waals surface area (Å²) in [5.41, 5.74) is 1.84. The first-order valence-corrected chi connectivity index (χ1v) is 12.6. The maximum absolute atomic E-state index is 12.4. The minimum atomic E-state index is -0.142. The predicted molar refractivity (Wildman–Crippen MR) is 133 cm³/mol. The molecule has 1 aromatic carbocycles. The topological polar surface area (TPSA) is 68.2 Å². The zero-order chi connectivity index (χ0) is 23.8. The molecule has 0 N–H and O–H groups in total. The third-order valence-electron chi connectivity index (χ3n) is 6.73. The lowest BCUT2D eigenvalue weighted by Gasteiger charge is -2.28. The van der Waals surface area contributed by atoms with Gasteiger partial charge < -0.3 is 14.4 Å². The molecule has 2 heterocycles. The maximum Gasteiger partial charge on any atom is 0.245 e. The van der Waals surface area contributed by atoms with Gasteiger partial charge in [0, 0.05) is 37.1 Å². The van der Waals surface area contributed by atoms with E-state index in [9.17, 15) is 9.59 Å². The number of aliphatic imine (C=N–C) groups is 1. The van der Waals surface area contributed by atoms with Crippen LogP contribution in [0.5, 0.6) is 0 Å². The van der Waals surface area contributed by atoms with Crippen molar-refractivity contribution in [2.75, 3.05) is 32.8 Å². The molecule has 6 heteroatoms. The summed E-state index contributed by atoms with van der Waals surface area (Å²) in [6.45, 7) is 6.36. The summed E-state index contributed by atoms with van der Waals surface area (Å²) in [4.78, 5) is 31.6. The zero-order valence-corrected chi connectivity index (χ0v) is 20.2. The number of hydrogen-bond acceptors (Lipinski definition) is 5. The van der Waals surface area contributed by atoms with Crippen LogP contribution in [0.4, 0.5) is 0 Å². The minimum absolute atomic E-state index is 0.0790. The second-order valence-electron chi connectivity index (χ2n) is 9.61. The van der Waals surface area contributed by atoms with E-state index in [0.29, 0.717) is 44.0 Å². The number of rotatable bonds is 10. The summed E-state index contributed by atoms with van der Waals surface area (Å²) < 4.78 is 11.4. The molecule has 1 aliphatic carbocycles. The van der Waals surface area contributed by atoms with Gasteiger partial charge in [-0.1, -0.05) is 29.8 Å². The number of nitrogens with zero attached hydrogens (tertiary/aromatic N) is 2. The number of aryl methyl sites for hydroxylation is 1. The fourth-order valence-electron chi connectivity index (χ4n) is 4.85. The molecular formula is C28H36N2O4. The standard InChI is InChI=1S/C28H36N2O4/c1-21-7-10-24(11-8-21)25(31)5-4-6-28(32)29-19-23(20-30-13-2-3-14-30)17-22-9-12-26-27(18-22)34-16-15-33-26/h7-8,10-12,18-19,22-23H,2-6,9,13-17,20H2,1H3. The van der Waals surface area contributed by atoms with Crippen molar-refractivity contribution in [1.29, 1.82) is 0 Å². The summed E-state index contributed by atoms with van der Waals surface area (Å²) >= 11 is 0. The number of Topliss-reactive ketones (excluding diaryl/α,β-unsaturated/α-hetero) is 1. The number of carbonyl (C=O) groups excluding carboxylic acids is 2. The molecule has 0 radical (unpaired) electrons. The number of benzene rings is 1. The molecule has 2 unspecified atom stereocenters. The van der Waals surface area contributed by atoms with Gasteiger partial charge in [-0.3, -0.25) is 9.59 Å². The predicted octanol–water partition coefficient (Wildman–Crippen LogP) is 4.88. The van der Waals surface area contributed by atoms with Gasteiger partial charge in [-0.2, -0.15) is 0 Å². The molecule has 1 aromatic rings. The van der Waals surface area contributed by atoms with Crippen molar-refractivity contribution in [3.63, 3.8) is 0 Å². The van der Waals surface area contributed by atoms with E-state index in [4.69, 9.17) is 9.47 Å². The van der Waals surface area contributed by atoms with E-state index in [0.717, 1.165) is 49.6 Å². The Labute approximate surface area is 202 Å². The number of fused-ring (bicyclic) bond motifs is 1. The van der Waals surface area contributed by atoms with Crippen molar-refractivity contribution in [2.24, 2.45) is 16.8 Å². The fraction of sp³-hybridized carbons (Fsp3) is 0.536. The summed E-state index contributed by atoms with van der Waals surface area (Å²) in [5.74, 6) is 2.21. The van der Waals surface area contributed by atoms with E-state index in [-0.39, 0.29) is 17.6 Å². The number of allylic oxidation sites excluding steroid dienone is 2. The van der Waals surface area contributed by atoms with Gasteiger partial charge in [0.2, 0.25) is 5.91 Å². The van der Waals surface area contributed by atoms with Crippen molar-refractivity contribution in [3.8, 4) is 0 Å². The molecular weight excluding hydrogens is 428 g/mol. The average Bonchev–Trinajstić information content (AvgIpc) is 3.36. The van der Waals surface area contributed by atoms with Crippen LogP contribution in [-0.4, -0.2) is 55.7 Å². The summed E-state index contributed by atoms with van der Waals surface area (Å²) in [7, 11) is 0. The number of hydrogen-bond donors (Lipinski definition) is 0. The molecule has 0 bridgehead atoms. The minimum Gasteiger partial charge on any atom is -0.486 e. The van der Waals surface area contributed by atoms with Crippen molar-refractivity contribution >= 4 is 17.9 Å². The molecule has 2 saturated heterocycles. The fourth-order valence-corrected chi connectivity index (χ4v) is 4.85. The second-order valence-corrected chi connectivity index (χ2v) is 9.61. The van der Waals surface area contributed by atoms with Crippen LogP contribution in [0.3, 0.4) is 0 Å². The number of ketones is 1. The number of likely N-dealkylation sites (tertiary alicyclic amines) is 1. The van der Waals surface area contributed by atoms with Gasteiger partial charge in [0.15, 0.2) is 17.3 Å². The normalized spacial score (nSPS) is 21.3. The van der Waals surface area contributed by atoms with Gasteiger partial charge in [-0.05, 0) is 70.2 Å². The summed E-state index contributed by atoms with van der Waals surface area (Å²) in [6, 6.07) is 7.58. The van der Waals surface area contributed by atoms with Crippen LogP contribution in [0.1, 0.15) is 60.9 Å². The first-order chi connectivity index (χ1) is 16.6. The lowest BCUT2D eigenvalue weighted by atomic mass is 9.88. The molecule has 2 atom stereocenters. The third-order valence-corrected chi connectivity index (χ3v) is 6.73. The largest absolute Gasteiger partial charge is 0.486 e. The molecule has 2 aliphatic heterocycles. The van der Waals surface area contributed by atoms with Gasteiger partial charge in [0.1, 0.15) is 13.2 Å². The Balaban J connectivity index is 1.28. The van der Waals surface area contributed by atoms with Gasteiger partial charge in [-0.25, -0.2) is 4.99 Å². The Kier molecular flexibility index (Phi) is 8.69. The zero-order valence-electron chi connectivity index (χ0n) is 20.2. The Bertz CT molecular complexity index is 942. The first-order valence-electron chi connectivity index (χ1n) is 12.6. The van der Waals surface area contributed by atoms with Crippen molar-refractivity contribution in [3.05, 3.63) is 59.1 Å². The SMILES string of the molecule is Cc1ccc(C(=O)CCCC(=O)N=CC(CC2C=C3OCCOC3=CC2)CN2CCCC2)cc1. The van der Waals surface area contributed by atoms with E-state index in [1.165, 1.54) is 12.8 Å². The van der Waals surface area contributed by atoms with E-state index in [1.54, 1.807) is 0 Å². The molecule has 1 amide bonds. The highest BCUT2D eigenvalue weighted by molar-refractivity contribution is 5.96. The van der Waals surface area contributed by atoms with Gasteiger partial charge in [0.25, 0.3) is 0 Å². The van der Waals surface area contributed by atoms with Crippen LogP contribution in [-0.2, 0) is 14.3 Å². The number of ether oxygens (including phenoxy) is 2. The van der Waals surface area contributed by atoms with E-state index in [2.05, 4.69) is 22.0 Å². The quantitative estimate of drug-likeness (QED) is 0.365. The highest BCUT2D eigenvalue weighted by Crippen LogP contribution is 2.31. The molecule has 4 rings (SSSR count). The lowest BCUT2D eigenvalue weighted by Crippen LogP contribution is -2.29. The number of amides is 1. The van der Waals surface area contributed by atoms with Gasteiger partial charge >= 0.3 is 0 Å². The number of carbonyl (C=O) groups is 2. The van der Waals surface area contributed by atoms with E-state index < -0.39 is 0 Å². The molecule has 0 aromatic heterocycles. The second kappa shape index (κ2) is 12.1. The highest BCUT2D eigenvalue weighted by Gasteiger charge is 2.25. The molecule has 182 valence electrons. The van der Waals surface area contributed by atoms with Gasteiger partial charge in [-0.15, -0.1) is 0 Å². The van der Waals surface area contributed by atoms with Crippen molar-refractivity contribution < 1.29 is 19.1 Å². The van der Waals surface area contributed by atoms with Crippen LogP contribution >= 0.6 is 0 Å². The maximum atomic E-state index is 12.4. The molecule has 2 fully saturated rings. The lowest BCUT2D eigenvalue weighted by molar-refractivity contribution is -0.117. The molecule has 6 nitrogen and oxygen atoms in total. The third kappa shape index (κ3) is 7.13. The first kappa shape index (κ1) is 24.4. The average molecular weight is 465 g/mol. The van der Waals surface area contributed by atoms with Crippen molar-refractivity contribution in [2.45, 2.75) is 51.9 Å². The Morgan fingerprint density at radius 1 is 1.09 bits per heavy atom. The molecule has 0 spiro atoms. The van der Waals surface area contributed by atoms with E-state index >= 15 is 0 Å². The summed E-state index contributed by atoms with van der Waals surface area (Å²) in [6.07, 6.45) is 11.7. The molecule has 0 saturated carbocycles. The molecule has 3 aliphatic rings. The van der Waals surface area contributed by atoms with E-state index in [1.807, 2.05) is 37.4 Å². The van der Waals surface area contributed by atoms with Crippen LogP contribution < -0.4 is 0 Å². The van der Waals surface area contributed by atoms with Gasteiger partial charge in [0.05, 0.1) is 0 Å². The van der Waals surface area contributed by atoms with Crippen LogP contribution in [0.25, 0.3) is 0 Å². The monoisotopic (exact) mass is 464 g/mol. The molecule has 34 heavy (non-hydrogen) atoms. The Morgan fingerprint density at radius 3 is 2.59 bits per heavy atom. The Hall–Kier alpha value is -2.73. The summed E-state index contributed by atoms with van der Waals surface area (Å²) in [5, 5.41) is 0. The Morgan fingerprint density at radius 2 is 1.82 bits per heavy atom. The van der Waals surface area contributed by atoms with Crippen LogP contribution in [0.15, 0.2) is 52.9 Å². The van der Waals surface area contributed by atoms with Crippen LogP contribution in [0, 0.1) is 18.8 Å².